The number of anilines is 1. The van der Waals surface area contributed by atoms with Crippen LogP contribution in [0.5, 0.6) is 0 Å². The van der Waals surface area contributed by atoms with Gasteiger partial charge in [-0.15, -0.1) is 11.3 Å². The van der Waals surface area contributed by atoms with Crippen molar-refractivity contribution in [3.8, 4) is 0 Å². The molecule has 6 heteroatoms. The summed E-state index contributed by atoms with van der Waals surface area (Å²) in [6.07, 6.45) is 3.18. The first kappa shape index (κ1) is 17.0. The van der Waals surface area contributed by atoms with Crippen LogP contribution in [-0.2, 0) is 22.4 Å². The number of thiophene rings is 1. The van der Waals surface area contributed by atoms with Gasteiger partial charge < -0.3 is 10.1 Å². The fourth-order valence-corrected chi connectivity index (χ4v) is 4.04. The summed E-state index contributed by atoms with van der Waals surface area (Å²) >= 11 is 7.45. The summed E-state index contributed by atoms with van der Waals surface area (Å²) in [6, 6.07) is 8.82. The monoisotopic (exact) mass is 363 g/mol. The van der Waals surface area contributed by atoms with E-state index in [0.29, 0.717) is 21.5 Å². The number of benzene rings is 1. The van der Waals surface area contributed by atoms with Crippen molar-refractivity contribution in [3.63, 3.8) is 0 Å². The highest BCUT2D eigenvalue weighted by Crippen LogP contribution is 2.32. The molecule has 0 fully saturated rings. The van der Waals surface area contributed by atoms with Gasteiger partial charge >= 0.3 is 5.97 Å². The summed E-state index contributed by atoms with van der Waals surface area (Å²) in [5, 5.41) is 3.07. The molecular weight excluding hydrogens is 346 g/mol. The zero-order valence-corrected chi connectivity index (χ0v) is 14.9. The van der Waals surface area contributed by atoms with Crippen molar-refractivity contribution in [2.45, 2.75) is 26.2 Å². The molecule has 0 spiro atoms. The van der Waals surface area contributed by atoms with Crippen LogP contribution in [0.1, 0.15) is 33.5 Å². The predicted octanol–water partition coefficient (Wildman–Crippen LogP) is 4.32. The Bertz CT molecular complexity index is 771. The fourth-order valence-electron chi connectivity index (χ4n) is 2.76. The van der Waals surface area contributed by atoms with Gasteiger partial charge in [0.05, 0.1) is 10.7 Å². The molecule has 1 aliphatic rings. The Balaban J connectivity index is 1.56. The van der Waals surface area contributed by atoms with E-state index in [1.54, 1.807) is 24.3 Å². The largest absolute Gasteiger partial charge is 0.451 e. The van der Waals surface area contributed by atoms with Crippen LogP contribution in [0.4, 0.5) is 5.69 Å². The summed E-state index contributed by atoms with van der Waals surface area (Å²) in [5.41, 5.74) is 1.74. The molecule has 1 aromatic carbocycles. The number of nitrogens with one attached hydrogen (secondary N) is 1. The van der Waals surface area contributed by atoms with E-state index in [0.717, 1.165) is 19.3 Å². The normalized spacial score (nSPS) is 16.3. The van der Waals surface area contributed by atoms with E-state index in [-0.39, 0.29) is 6.61 Å². The molecule has 1 heterocycles. The zero-order chi connectivity index (χ0) is 17.1. The second-order valence-electron chi connectivity index (χ2n) is 6.01. The van der Waals surface area contributed by atoms with Gasteiger partial charge in [-0.1, -0.05) is 30.7 Å². The van der Waals surface area contributed by atoms with Gasteiger partial charge in [0, 0.05) is 4.88 Å². The minimum atomic E-state index is -0.448. The summed E-state index contributed by atoms with van der Waals surface area (Å²) in [6.45, 7) is 1.89. The first-order valence-electron chi connectivity index (χ1n) is 7.86. The molecule has 0 saturated heterocycles. The molecule has 3 rings (SSSR count). The third-order valence-corrected chi connectivity index (χ3v) is 5.56. The Morgan fingerprint density at radius 1 is 1.38 bits per heavy atom. The van der Waals surface area contributed by atoms with E-state index in [1.807, 2.05) is 6.07 Å². The lowest BCUT2D eigenvalue weighted by atomic mass is 9.90. The number of esters is 1. The van der Waals surface area contributed by atoms with Gasteiger partial charge in [-0.3, -0.25) is 4.79 Å². The molecule has 1 aliphatic carbocycles. The SMILES string of the molecule is CC1CCc2sc(C(=O)OCC(=O)Nc3ccccc3Cl)cc2C1. The molecule has 0 aliphatic heterocycles. The highest BCUT2D eigenvalue weighted by Gasteiger charge is 2.21. The Hall–Kier alpha value is -1.85. The maximum Gasteiger partial charge on any atom is 0.348 e. The quantitative estimate of drug-likeness (QED) is 0.823. The maximum absolute atomic E-state index is 12.1. The molecule has 2 aromatic rings. The number of para-hydroxylation sites is 1. The van der Waals surface area contributed by atoms with Crippen LogP contribution < -0.4 is 5.32 Å². The lowest BCUT2D eigenvalue weighted by molar-refractivity contribution is -0.119. The molecule has 126 valence electrons. The molecule has 1 aromatic heterocycles. The molecule has 0 bridgehead atoms. The van der Waals surface area contributed by atoms with Crippen molar-refractivity contribution in [1.82, 2.24) is 0 Å². The first-order chi connectivity index (χ1) is 11.5. The summed E-state index contributed by atoms with van der Waals surface area (Å²) in [5.74, 6) is -0.208. The van der Waals surface area contributed by atoms with E-state index < -0.39 is 11.9 Å². The van der Waals surface area contributed by atoms with Crippen molar-refractivity contribution in [2.75, 3.05) is 11.9 Å². The van der Waals surface area contributed by atoms with Crippen LogP contribution in [0.3, 0.4) is 0 Å². The third kappa shape index (κ3) is 3.97. The number of hydrogen-bond donors (Lipinski definition) is 1. The molecular formula is C18H18ClNO3S. The first-order valence-corrected chi connectivity index (χ1v) is 9.05. The predicted molar refractivity (Wildman–Crippen MR) is 95.9 cm³/mol. The Labute approximate surface area is 149 Å². The highest BCUT2D eigenvalue weighted by atomic mass is 35.5. The van der Waals surface area contributed by atoms with Crippen molar-refractivity contribution in [3.05, 3.63) is 50.7 Å². The van der Waals surface area contributed by atoms with Crippen molar-refractivity contribution >= 4 is 40.5 Å². The van der Waals surface area contributed by atoms with E-state index in [1.165, 1.54) is 21.8 Å². The average Bonchev–Trinajstić information content (AvgIpc) is 2.98. The van der Waals surface area contributed by atoms with Crippen LogP contribution in [0.25, 0.3) is 0 Å². The summed E-state index contributed by atoms with van der Waals surface area (Å²) in [4.78, 5) is 25.9. The molecule has 1 amide bonds. The minimum Gasteiger partial charge on any atom is -0.451 e. The standard InChI is InChI=1S/C18H18ClNO3S/c1-11-6-7-15-12(8-11)9-16(24-15)18(22)23-10-17(21)20-14-5-3-2-4-13(14)19/h2-5,9,11H,6-8,10H2,1H3,(H,20,21). The number of aryl methyl sites for hydroxylation is 1. The van der Waals surface area contributed by atoms with E-state index >= 15 is 0 Å². The van der Waals surface area contributed by atoms with Gasteiger partial charge in [0.1, 0.15) is 4.88 Å². The molecule has 1 N–H and O–H groups in total. The molecule has 0 radical (unpaired) electrons. The second-order valence-corrected chi connectivity index (χ2v) is 7.56. The molecule has 4 nitrogen and oxygen atoms in total. The number of fused-ring (bicyclic) bond motifs is 1. The van der Waals surface area contributed by atoms with Gasteiger partial charge in [-0.25, -0.2) is 4.79 Å². The number of ether oxygens (including phenoxy) is 1. The van der Waals surface area contributed by atoms with Crippen LogP contribution in [0.2, 0.25) is 5.02 Å². The lowest BCUT2D eigenvalue weighted by Crippen LogP contribution is -2.20. The zero-order valence-electron chi connectivity index (χ0n) is 13.3. The van der Waals surface area contributed by atoms with Crippen LogP contribution >= 0.6 is 22.9 Å². The number of rotatable bonds is 4. The Morgan fingerprint density at radius 2 is 2.17 bits per heavy atom. The van der Waals surface area contributed by atoms with E-state index in [4.69, 9.17) is 16.3 Å². The topological polar surface area (TPSA) is 55.4 Å². The maximum atomic E-state index is 12.1. The minimum absolute atomic E-state index is 0.330. The fraction of sp³-hybridized carbons (Fsp3) is 0.333. The van der Waals surface area contributed by atoms with E-state index in [2.05, 4.69) is 12.2 Å². The van der Waals surface area contributed by atoms with Crippen molar-refractivity contribution in [1.29, 1.82) is 0 Å². The van der Waals surface area contributed by atoms with Gasteiger partial charge in [0.15, 0.2) is 6.61 Å². The number of amides is 1. The van der Waals surface area contributed by atoms with Crippen LogP contribution in [0, 0.1) is 5.92 Å². The second kappa shape index (κ2) is 7.36. The molecule has 0 saturated carbocycles. The summed E-state index contributed by atoms with van der Waals surface area (Å²) < 4.78 is 5.12. The number of carbonyl (C=O) groups is 2. The smallest absolute Gasteiger partial charge is 0.348 e. The van der Waals surface area contributed by atoms with Gasteiger partial charge in [-0.05, 0) is 48.9 Å². The van der Waals surface area contributed by atoms with Gasteiger partial charge in [-0.2, -0.15) is 0 Å². The van der Waals surface area contributed by atoms with Crippen LogP contribution in [-0.4, -0.2) is 18.5 Å². The number of halogens is 1. The van der Waals surface area contributed by atoms with Gasteiger partial charge in [0.2, 0.25) is 0 Å². The average molecular weight is 364 g/mol. The Kier molecular flexibility index (Phi) is 5.21. The van der Waals surface area contributed by atoms with Crippen molar-refractivity contribution in [2.24, 2.45) is 5.92 Å². The van der Waals surface area contributed by atoms with Gasteiger partial charge in [0.25, 0.3) is 5.91 Å². The third-order valence-electron chi connectivity index (χ3n) is 4.01. The van der Waals surface area contributed by atoms with Crippen LogP contribution in [0.15, 0.2) is 30.3 Å². The highest BCUT2D eigenvalue weighted by molar-refractivity contribution is 7.14. The molecule has 1 atom stereocenters. The number of hydrogen-bond acceptors (Lipinski definition) is 4. The van der Waals surface area contributed by atoms with E-state index in [9.17, 15) is 9.59 Å². The molecule has 24 heavy (non-hydrogen) atoms. The molecule has 1 unspecified atom stereocenters. The summed E-state index contributed by atoms with van der Waals surface area (Å²) in [7, 11) is 0. The lowest BCUT2D eigenvalue weighted by Gasteiger charge is -2.16. The number of carbonyl (C=O) groups excluding carboxylic acids is 2. The Morgan fingerprint density at radius 3 is 2.96 bits per heavy atom. The van der Waals surface area contributed by atoms with Crippen molar-refractivity contribution < 1.29 is 14.3 Å².